The first-order chi connectivity index (χ1) is 12.5. The molecule has 27 heavy (non-hydrogen) atoms. The van der Waals surface area contributed by atoms with Crippen molar-refractivity contribution in [1.82, 2.24) is 15.1 Å². The lowest BCUT2D eigenvalue weighted by atomic mass is 9.89. The van der Waals surface area contributed by atoms with E-state index < -0.39 is 6.04 Å². The molecule has 0 aliphatic rings. The highest BCUT2D eigenvalue weighted by Gasteiger charge is 2.37. The molecule has 0 saturated heterocycles. The second kappa shape index (κ2) is 12.1. The molecule has 2 amide bonds. The van der Waals surface area contributed by atoms with E-state index in [-0.39, 0.29) is 54.5 Å². The molecule has 0 aromatic rings. The fourth-order valence-corrected chi connectivity index (χ4v) is 3.25. The molecule has 0 saturated carbocycles. The van der Waals surface area contributed by atoms with E-state index >= 15 is 0 Å². The summed E-state index contributed by atoms with van der Waals surface area (Å²) < 4.78 is 5.58. The third-order valence-electron chi connectivity index (χ3n) is 4.90. The van der Waals surface area contributed by atoms with Gasteiger partial charge in [0.15, 0.2) is 0 Å². The lowest BCUT2D eigenvalue weighted by Gasteiger charge is -2.39. The number of carbonyl (C=O) groups is 3. The molecule has 0 spiro atoms. The van der Waals surface area contributed by atoms with Crippen molar-refractivity contribution < 1.29 is 19.1 Å². The molecule has 0 heterocycles. The largest absolute Gasteiger partial charge is 0.379 e. The zero-order chi connectivity index (χ0) is 21.3. The van der Waals surface area contributed by atoms with Gasteiger partial charge < -0.3 is 19.9 Å². The van der Waals surface area contributed by atoms with Crippen LogP contribution in [0.5, 0.6) is 0 Å². The topological polar surface area (TPSA) is 79.0 Å². The first-order valence-electron chi connectivity index (χ1n) is 9.69. The third kappa shape index (κ3) is 8.39. The van der Waals surface area contributed by atoms with Gasteiger partial charge in [-0.25, -0.2) is 0 Å². The minimum atomic E-state index is -0.621. The first-order valence-corrected chi connectivity index (χ1v) is 9.69. The second-order valence-corrected chi connectivity index (χ2v) is 8.03. The maximum atomic E-state index is 13.2. The zero-order valence-electron chi connectivity index (χ0n) is 18.5. The van der Waals surface area contributed by atoms with E-state index in [1.165, 1.54) is 6.92 Å². The number of rotatable bonds is 12. The Bertz CT molecular complexity index is 494. The number of methoxy groups -OCH3 is 1. The fraction of sp³-hybridized carbons (Fsp3) is 0.850. The highest BCUT2D eigenvalue weighted by atomic mass is 16.5. The van der Waals surface area contributed by atoms with Crippen LogP contribution in [0, 0.1) is 11.8 Å². The number of likely N-dealkylation sites (N-methyl/N-ethyl adjacent to an activating group) is 2. The highest BCUT2D eigenvalue weighted by Crippen LogP contribution is 2.23. The van der Waals surface area contributed by atoms with Crippen molar-refractivity contribution in [3.8, 4) is 0 Å². The van der Waals surface area contributed by atoms with Crippen LogP contribution < -0.4 is 5.32 Å². The molecule has 1 N–H and O–H groups in total. The van der Waals surface area contributed by atoms with Gasteiger partial charge in [-0.15, -0.1) is 0 Å². The molecule has 0 aromatic heterocycles. The average Bonchev–Trinajstić information content (AvgIpc) is 2.56. The van der Waals surface area contributed by atoms with Crippen LogP contribution >= 0.6 is 0 Å². The van der Waals surface area contributed by atoms with Crippen LogP contribution in [-0.4, -0.2) is 80.4 Å². The summed E-state index contributed by atoms with van der Waals surface area (Å²) in [5.74, 6) is -0.234. The summed E-state index contributed by atoms with van der Waals surface area (Å²) >= 11 is 0. The van der Waals surface area contributed by atoms with Gasteiger partial charge in [-0.05, 0) is 32.9 Å². The number of ketones is 1. The lowest BCUT2D eigenvalue weighted by Crippen LogP contribution is -2.57. The van der Waals surface area contributed by atoms with Crippen molar-refractivity contribution in [2.45, 2.75) is 65.6 Å². The van der Waals surface area contributed by atoms with Gasteiger partial charge in [-0.1, -0.05) is 34.1 Å². The van der Waals surface area contributed by atoms with Crippen LogP contribution in [0.2, 0.25) is 0 Å². The molecular weight excluding hydrogens is 346 g/mol. The Kier molecular flexibility index (Phi) is 11.4. The summed E-state index contributed by atoms with van der Waals surface area (Å²) in [6, 6.07) is -0.868. The summed E-state index contributed by atoms with van der Waals surface area (Å²) in [5, 5.41) is 2.86. The molecule has 0 unspecified atom stereocenters. The number of hydrogen-bond donors (Lipinski definition) is 1. The van der Waals surface area contributed by atoms with Crippen molar-refractivity contribution in [3.63, 3.8) is 0 Å². The van der Waals surface area contributed by atoms with Crippen molar-refractivity contribution >= 4 is 17.6 Å². The van der Waals surface area contributed by atoms with E-state index in [9.17, 15) is 14.4 Å². The molecule has 0 fully saturated rings. The number of amides is 2. The van der Waals surface area contributed by atoms with Crippen molar-refractivity contribution in [2.75, 3.05) is 34.8 Å². The molecule has 158 valence electrons. The van der Waals surface area contributed by atoms with Gasteiger partial charge >= 0.3 is 0 Å². The first kappa shape index (κ1) is 25.5. The lowest BCUT2D eigenvalue weighted by molar-refractivity contribution is -0.143. The van der Waals surface area contributed by atoms with E-state index in [0.29, 0.717) is 0 Å². The summed E-state index contributed by atoms with van der Waals surface area (Å²) in [5.41, 5.74) is 0. The number of carbonyl (C=O) groups excluding carboxylic acids is 3. The van der Waals surface area contributed by atoms with Gasteiger partial charge in [0.05, 0.1) is 18.7 Å². The Morgan fingerprint density at radius 3 is 2.00 bits per heavy atom. The van der Waals surface area contributed by atoms with Gasteiger partial charge in [0.25, 0.3) is 0 Å². The maximum Gasteiger partial charge on any atom is 0.245 e. The fourth-order valence-electron chi connectivity index (χ4n) is 3.25. The van der Waals surface area contributed by atoms with Gasteiger partial charge in [-0.2, -0.15) is 0 Å². The van der Waals surface area contributed by atoms with Crippen molar-refractivity contribution in [1.29, 1.82) is 0 Å². The van der Waals surface area contributed by atoms with E-state index in [1.807, 2.05) is 27.9 Å². The number of nitrogens with zero attached hydrogens (tertiary/aromatic N) is 2. The highest BCUT2D eigenvalue weighted by molar-refractivity contribution is 5.88. The summed E-state index contributed by atoms with van der Waals surface area (Å²) in [4.78, 5) is 40.5. The molecule has 0 radical (unpaired) electrons. The Balaban J connectivity index is 5.56. The van der Waals surface area contributed by atoms with Gasteiger partial charge in [0.2, 0.25) is 11.8 Å². The second-order valence-electron chi connectivity index (χ2n) is 8.03. The molecule has 4 atom stereocenters. The SMILES string of the molecule is CC[C@H](C)[C@@H]([C@@H](CC(C)=O)OC)N(C)C(=O)[C@@H](NC(=O)CN(C)C)C(C)C. The summed E-state index contributed by atoms with van der Waals surface area (Å²) in [7, 11) is 6.92. The monoisotopic (exact) mass is 385 g/mol. The molecule has 0 aliphatic carbocycles. The Morgan fingerprint density at radius 1 is 1.07 bits per heavy atom. The zero-order valence-corrected chi connectivity index (χ0v) is 18.5. The van der Waals surface area contributed by atoms with Crippen molar-refractivity contribution in [2.24, 2.45) is 11.8 Å². The Hall–Kier alpha value is -1.47. The molecule has 0 rings (SSSR count). The van der Waals surface area contributed by atoms with Gasteiger partial charge in [-0.3, -0.25) is 14.4 Å². The molecule has 7 heteroatoms. The molecule has 7 nitrogen and oxygen atoms in total. The van der Waals surface area contributed by atoms with Crippen LogP contribution in [0.15, 0.2) is 0 Å². The molecule has 0 bridgehead atoms. The maximum absolute atomic E-state index is 13.2. The van der Waals surface area contributed by atoms with Crippen LogP contribution in [0.4, 0.5) is 0 Å². The van der Waals surface area contributed by atoms with Gasteiger partial charge in [0, 0.05) is 20.6 Å². The smallest absolute Gasteiger partial charge is 0.245 e. The normalized spacial score (nSPS) is 16.0. The number of nitrogens with one attached hydrogen (secondary N) is 1. The predicted octanol–water partition coefficient (Wildman–Crippen LogP) is 1.56. The molecule has 0 aromatic carbocycles. The standard InChI is InChI=1S/C20H39N3O4/c1-10-14(4)19(16(27-9)11-15(5)24)23(8)20(26)18(13(2)3)21-17(25)12-22(6)7/h13-14,16,18-19H,10-12H2,1-9H3,(H,21,25)/t14-,16+,18-,19-/m0/s1. The molecular formula is C20H39N3O4. The minimum absolute atomic E-state index is 0.0238. The van der Waals surface area contributed by atoms with E-state index in [2.05, 4.69) is 19.2 Å². The number of ether oxygens (including phenoxy) is 1. The quantitative estimate of drug-likeness (QED) is 0.551. The summed E-state index contributed by atoms with van der Waals surface area (Å²) in [6.07, 6.45) is 0.721. The van der Waals surface area contributed by atoms with E-state index in [4.69, 9.17) is 4.74 Å². The average molecular weight is 386 g/mol. The van der Waals surface area contributed by atoms with Crippen LogP contribution in [0.1, 0.15) is 47.5 Å². The predicted molar refractivity (Wildman–Crippen MR) is 107 cm³/mol. The third-order valence-corrected chi connectivity index (χ3v) is 4.90. The van der Waals surface area contributed by atoms with Crippen LogP contribution in [0.3, 0.4) is 0 Å². The van der Waals surface area contributed by atoms with Crippen LogP contribution in [-0.2, 0) is 19.1 Å². The van der Waals surface area contributed by atoms with E-state index in [0.717, 1.165) is 6.42 Å². The van der Waals surface area contributed by atoms with Crippen LogP contribution in [0.25, 0.3) is 0 Å². The van der Waals surface area contributed by atoms with E-state index in [1.54, 1.807) is 24.0 Å². The minimum Gasteiger partial charge on any atom is -0.379 e. The Morgan fingerprint density at radius 2 is 1.63 bits per heavy atom. The van der Waals surface area contributed by atoms with Gasteiger partial charge in [0.1, 0.15) is 11.8 Å². The summed E-state index contributed by atoms with van der Waals surface area (Å²) in [6.45, 7) is 9.67. The number of Topliss-reactive ketones (excluding diaryl/α,β-unsaturated/α-hetero) is 1. The molecule has 0 aliphatic heterocycles. The van der Waals surface area contributed by atoms with Crippen molar-refractivity contribution in [3.05, 3.63) is 0 Å². The number of hydrogen-bond acceptors (Lipinski definition) is 5. The Labute approximate surface area is 164 Å².